The van der Waals surface area contributed by atoms with Gasteiger partial charge < -0.3 is 10.1 Å². The number of carboxylic acid groups (broad SMARTS) is 1. The summed E-state index contributed by atoms with van der Waals surface area (Å²) in [6.07, 6.45) is 5.94. The lowest BCUT2D eigenvalue weighted by atomic mass is 10.2. The molecular weight excluding hydrogens is 270 g/mol. The molecule has 0 bridgehead atoms. The number of aromatic amines is 1. The minimum Gasteiger partial charge on any atom is -0.480 e. The van der Waals surface area contributed by atoms with E-state index in [1.165, 1.54) is 12.5 Å². The summed E-state index contributed by atoms with van der Waals surface area (Å²) in [4.78, 5) is 17.7. The fourth-order valence-electron chi connectivity index (χ4n) is 2.29. The average Bonchev–Trinajstić information content (AvgIpc) is 3.00. The molecule has 0 aliphatic heterocycles. The van der Waals surface area contributed by atoms with Gasteiger partial charge in [-0.15, -0.1) is 0 Å². The second-order valence-corrected chi connectivity index (χ2v) is 6.73. The van der Waals surface area contributed by atoms with Crippen LogP contribution in [-0.2, 0) is 21.2 Å². The predicted molar refractivity (Wildman–Crippen MR) is 68.0 cm³/mol. The van der Waals surface area contributed by atoms with E-state index in [2.05, 4.69) is 14.7 Å². The monoisotopic (exact) mass is 287 g/mol. The Hall–Kier alpha value is -1.41. The van der Waals surface area contributed by atoms with Crippen molar-refractivity contribution in [2.24, 2.45) is 0 Å². The summed E-state index contributed by atoms with van der Waals surface area (Å²) in [6.45, 7) is 0. The van der Waals surface area contributed by atoms with Crippen LogP contribution < -0.4 is 4.72 Å². The molecule has 0 radical (unpaired) electrons. The summed E-state index contributed by atoms with van der Waals surface area (Å²) in [5.41, 5.74) is 0.585. The maximum absolute atomic E-state index is 12.1. The Morgan fingerprint density at radius 3 is 2.74 bits per heavy atom. The first kappa shape index (κ1) is 14.0. The third kappa shape index (κ3) is 3.54. The van der Waals surface area contributed by atoms with Crippen LogP contribution in [0.3, 0.4) is 0 Å². The molecule has 1 saturated carbocycles. The maximum atomic E-state index is 12.1. The molecule has 1 atom stereocenters. The number of nitrogens with one attached hydrogen (secondary N) is 2. The largest absolute Gasteiger partial charge is 0.480 e. The molecule has 8 heteroatoms. The van der Waals surface area contributed by atoms with Gasteiger partial charge in [-0.1, -0.05) is 12.8 Å². The molecule has 0 aromatic carbocycles. The zero-order chi connectivity index (χ0) is 13.9. The molecule has 0 amide bonds. The minimum atomic E-state index is -3.57. The van der Waals surface area contributed by atoms with Crippen LogP contribution in [0.25, 0.3) is 0 Å². The number of nitrogens with zero attached hydrogens (tertiary/aromatic N) is 1. The highest BCUT2D eigenvalue weighted by atomic mass is 32.2. The molecule has 7 nitrogen and oxygen atoms in total. The number of aromatic nitrogens is 2. The predicted octanol–water partition coefficient (Wildman–Crippen LogP) is 0.267. The Kier molecular flexibility index (Phi) is 4.20. The van der Waals surface area contributed by atoms with Crippen LogP contribution >= 0.6 is 0 Å². The number of carbonyl (C=O) groups is 1. The van der Waals surface area contributed by atoms with Gasteiger partial charge in [-0.05, 0) is 12.8 Å². The first-order chi connectivity index (χ1) is 8.99. The number of hydrogen-bond donors (Lipinski definition) is 3. The Morgan fingerprint density at radius 2 is 2.21 bits per heavy atom. The number of aliphatic carboxylic acids is 1. The van der Waals surface area contributed by atoms with E-state index >= 15 is 0 Å². The Morgan fingerprint density at radius 1 is 1.53 bits per heavy atom. The Labute approximate surface area is 111 Å². The van der Waals surface area contributed by atoms with Crippen molar-refractivity contribution in [2.75, 3.05) is 0 Å². The second kappa shape index (κ2) is 5.70. The van der Waals surface area contributed by atoms with Gasteiger partial charge in [-0.3, -0.25) is 4.79 Å². The topological polar surface area (TPSA) is 112 Å². The van der Waals surface area contributed by atoms with Gasteiger partial charge in [-0.2, -0.15) is 0 Å². The standard InChI is InChI=1S/C11H17N3O4S/c15-11(16)10(5-8-6-12-7-13-8)14-19(17,18)9-3-1-2-4-9/h6-7,9-10,14H,1-5H2,(H,12,13)(H,15,16)/t10-/m1/s1. The summed E-state index contributed by atoms with van der Waals surface area (Å²) in [7, 11) is -3.57. The van der Waals surface area contributed by atoms with Crippen LogP contribution in [0.5, 0.6) is 0 Å². The van der Waals surface area contributed by atoms with Crippen LogP contribution in [0.1, 0.15) is 31.4 Å². The van der Waals surface area contributed by atoms with E-state index in [0.29, 0.717) is 18.5 Å². The molecule has 2 rings (SSSR count). The molecular formula is C11H17N3O4S. The fraction of sp³-hybridized carbons (Fsp3) is 0.636. The van der Waals surface area contributed by atoms with Crippen molar-refractivity contribution in [2.45, 2.75) is 43.4 Å². The van der Waals surface area contributed by atoms with E-state index in [4.69, 9.17) is 5.11 Å². The molecule has 1 aliphatic carbocycles. The first-order valence-electron chi connectivity index (χ1n) is 6.20. The molecule has 106 valence electrons. The van der Waals surface area contributed by atoms with Gasteiger partial charge in [0, 0.05) is 18.3 Å². The van der Waals surface area contributed by atoms with E-state index in [9.17, 15) is 13.2 Å². The lowest BCUT2D eigenvalue weighted by Crippen LogP contribution is -2.45. The minimum absolute atomic E-state index is 0.0568. The first-order valence-corrected chi connectivity index (χ1v) is 7.75. The zero-order valence-corrected chi connectivity index (χ0v) is 11.2. The van der Waals surface area contributed by atoms with Crippen molar-refractivity contribution in [1.82, 2.24) is 14.7 Å². The lowest BCUT2D eigenvalue weighted by Gasteiger charge is -2.17. The molecule has 1 aromatic heterocycles. The van der Waals surface area contributed by atoms with Gasteiger partial charge in [-0.25, -0.2) is 18.1 Å². The van der Waals surface area contributed by atoms with E-state index in [-0.39, 0.29) is 6.42 Å². The van der Waals surface area contributed by atoms with Crippen molar-refractivity contribution in [3.8, 4) is 0 Å². The normalized spacial score (nSPS) is 18.5. The summed E-state index contributed by atoms with van der Waals surface area (Å²) < 4.78 is 26.4. The summed E-state index contributed by atoms with van der Waals surface area (Å²) >= 11 is 0. The van der Waals surface area contributed by atoms with Crippen LogP contribution in [0, 0.1) is 0 Å². The fourth-order valence-corrected chi connectivity index (χ4v) is 4.02. The van der Waals surface area contributed by atoms with Gasteiger partial charge in [0.25, 0.3) is 0 Å². The Bertz CT molecular complexity index is 520. The van der Waals surface area contributed by atoms with Crippen molar-refractivity contribution < 1.29 is 18.3 Å². The average molecular weight is 287 g/mol. The van der Waals surface area contributed by atoms with Crippen molar-refractivity contribution in [3.05, 3.63) is 18.2 Å². The molecule has 19 heavy (non-hydrogen) atoms. The van der Waals surface area contributed by atoms with Gasteiger partial charge in [0.2, 0.25) is 10.0 Å². The van der Waals surface area contributed by atoms with Gasteiger partial charge in [0.05, 0.1) is 11.6 Å². The summed E-state index contributed by atoms with van der Waals surface area (Å²) in [5.74, 6) is -1.18. The van der Waals surface area contributed by atoms with E-state index in [1.54, 1.807) is 0 Å². The van der Waals surface area contributed by atoms with E-state index in [0.717, 1.165) is 12.8 Å². The van der Waals surface area contributed by atoms with Crippen LogP contribution in [-0.4, -0.2) is 40.8 Å². The molecule has 0 saturated heterocycles. The maximum Gasteiger partial charge on any atom is 0.322 e. The number of hydrogen-bond acceptors (Lipinski definition) is 4. The highest BCUT2D eigenvalue weighted by Gasteiger charge is 2.33. The van der Waals surface area contributed by atoms with Crippen molar-refractivity contribution >= 4 is 16.0 Å². The van der Waals surface area contributed by atoms with Gasteiger partial charge in [0.1, 0.15) is 6.04 Å². The zero-order valence-electron chi connectivity index (χ0n) is 10.4. The molecule has 3 N–H and O–H groups in total. The van der Waals surface area contributed by atoms with Crippen LogP contribution in [0.15, 0.2) is 12.5 Å². The Balaban J connectivity index is 2.06. The van der Waals surface area contributed by atoms with Crippen LogP contribution in [0.4, 0.5) is 0 Å². The van der Waals surface area contributed by atoms with Crippen molar-refractivity contribution in [3.63, 3.8) is 0 Å². The lowest BCUT2D eigenvalue weighted by molar-refractivity contribution is -0.138. The number of rotatable bonds is 6. The molecule has 0 unspecified atom stereocenters. The van der Waals surface area contributed by atoms with Crippen molar-refractivity contribution in [1.29, 1.82) is 0 Å². The number of imidazole rings is 1. The molecule has 1 heterocycles. The molecule has 1 aromatic rings. The summed E-state index contributed by atoms with van der Waals surface area (Å²) in [5, 5.41) is 8.66. The third-order valence-electron chi connectivity index (χ3n) is 3.32. The molecule has 1 aliphatic rings. The highest BCUT2D eigenvalue weighted by Crippen LogP contribution is 2.24. The quantitative estimate of drug-likeness (QED) is 0.695. The van der Waals surface area contributed by atoms with E-state index < -0.39 is 27.3 Å². The number of H-pyrrole nitrogens is 1. The molecule has 0 spiro atoms. The molecule has 1 fully saturated rings. The highest BCUT2D eigenvalue weighted by molar-refractivity contribution is 7.90. The number of carboxylic acids is 1. The smallest absolute Gasteiger partial charge is 0.322 e. The second-order valence-electron chi connectivity index (χ2n) is 4.74. The number of sulfonamides is 1. The SMILES string of the molecule is O=C(O)[C@@H](Cc1cnc[nH]1)NS(=O)(=O)C1CCCC1. The van der Waals surface area contributed by atoms with E-state index in [1.807, 2.05) is 0 Å². The van der Waals surface area contributed by atoms with Crippen LogP contribution in [0.2, 0.25) is 0 Å². The van der Waals surface area contributed by atoms with Gasteiger partial charge in [0.15, 0.2) is 0 Å². The van der Waals surface area contributed by atoms with Gasteiger partial charge >= 0.3 is 5.97 Å². The summed E-state index contributed by atoms with van der Waals surface area (Å²) in [6, 6.07) is -1.16. The third-order valence-corrected chi connectivity index (χ3v) is 5.29.